The lowest BCUT2D eigenvalue weighted by atomic mass is 9.97. The summed E-state index contributed by atoms with van der Waals surface area (Å²) in [6, 6.07) is 2.76. The minimum atomic E-state index is -0.754. The number of fused-ring (bicyclic) bond motifs is 1. The minimum absolute atomic E-state index is 0.00238. The number of phenols is 1. The predicted molar refractivity (Wildman–Crippen MR) is 119 cm³/mol. The summed E-state index contributed by atoms with van der Waals surface area (Å²) in [6.45, 7) is 5.18. The second-order valence-corrected chi connectivity index (χ2v) is 7.59. The number of rotatable bonds is 4. The van der Waals surface area contributed by atoms with Gasteiger partial charge in [0.1, 0.15) is 40.6 Å². The molecule has 8 nitrogen and oxygen atoms in total. The number of halogens is 2. The molecule has 1 aliphatic rings. The van der Waals surface area contributed by atoms with Gasteiger partial charge in [-0.25, -0.2) is 13.8 Å². The number of aryl methyl sites for hydroxylation is 1. The van der Waals surface area contributed by atoms with Gasteiger partial charge in [-0.15, -0.1) is 0 Å². The van der Waals surface area contributed by atoms with Crippen molar-refractivity contribution in [3.63, 3.8) is 0 Å². The molecule has 0 saturated heterocycles. The van der Waals surface area contributed by atoms with Crippen LogP contribution in [0.4, 0.5) is 14.6 Å². The molecule has 0 radical (unpaired) electrons. The van der Waals surface area contributed by atoms with Crippen molar-refractivity contribution in [3.8, 4) is 28.9 Å². The van der Waals surface area contributed by atoms with Crippen LogP contribution in [0.15, 0.2) is 18.3 Å². The standard InChI is InChI=1S/C23H21F2N5O3/c1-4-12-14(24)10-26-15-9-11(31)8-13(16(12)15)19-18(25)20-17-21(29-23(28-20)32-3)30(5-2)6-7-33-22(17)27-19/h8-10,31H,4-7H2,1-3H3. The molecule has 1 aliphatic heterocycles. The fourth-order valence-electron chi connectivity index (χ4n) is 4.26. The summed E-state index contributed by atoms with van der Waals surface area (Å²) in [5, 5.41) is 11.0. The molecule has 4 aromatic rings. The molecule has 0 unspecified atom stereocenters. The van der Waals surface area contributed by atoms with E-state index in [1.807, 2.05) is 11.8 Å². The lowest BCUT2D eigenvalue weighted by Crippen LogP contribution is -2.27. The second kappa shape index (κ2) is 7.95. The average molecular weight is 453 g/mol. The van der Waals surface area contributed by atoms with Gasteiger partial charge in [-0.2, -0.15) is 9.97 Å². The summed E-state index contributed by atoms with van der Waals surface area (Å²) >= 11 is 0. The number of benzene rings is 1. The maximum absolute atomic E-state index is 16.1. The maximum Gasteiger partial charge on any atom is 0.318 e. The SMILES string of the molecule is CCc1c(F)cnc2cc(O)cc(-c3nc4c5c(nc(OC)nc5c3F)N(CC)CCO4)c12. The molecule has 3 aromatic heterocycles. The average Bonchev–Trinajstić information content (AvgIpc) is 3.00. The Labute approximate surface area is 187 Å². The first-order chi connectivity index (χ1) is 16.0. The molecule has 0 atom stereocenters. The molecule has 0 amide bonds. The van der Waals surface area contributed by atoms with Gasteiger partial charge in [-0.05, 0) is 25.0 Å². The van der Waals surface area contributed by atoms with Crippen LogP contribution in [0.3, 0.4) is 0 Å². The Hall–Kier alpha value is -3.82. The van der Waals surface area contributed by atoms with Crippen molar-refractivity contribution >= 4 is 27.6 Å². The van der Waals surface area contributed by atoms with E-state index in [9.17, 15) is 9.50 Å². The van der Waals surface area contributed by atoms with Gasteiger partial charge in [0.15, 0.2) is 5.82 Å². The number of likely N-dealkylation sites (N-methyl/N-ethyl adjacent to an activating group) is 1. The summed E-state index contributed by atoms with van der Waals surface area (Å²) in [7, 11) is 1.41. The van der Waals surface area contributed by atoms with Crippen molar-refractivity contribution < 1.29 is 23.4 Å². The fraction of sp³-hybridized carbons (Fsp3) is 0.304. The number of ether oxygens (including phenoxy) is 2. The molecule has 0 fully saturated rings. The lowest BCUT2D eigenvalue weighted by Gasteiger charge is -2.20. The number of phenolic OH excluding ortho intramolecular Hbond substituents is 1. The van der Waals surface area contributed by atoms with E-state index in [0.29, 0.717) is 53.8 Å². The third-order valence-corrected chi connectivity index (χ3v) is 5.79. The summed E-state index contributed by atoms with van der Waals surface area (Å²) in [6.07, 6.45) is 1.43. The van der Waals surface area contributed by atoms with Crippen LogP contribution in [0, 0.1) is 11.6 Å². The predicted octanol–water partition coefficient (Wildman–Crippen LogP) is 4.01. The Morgan fingerprint density at radius 2 is 1.97 bits per heavy atom. The van der Waals surface area contributed by atoms with E-state index >= 15 is 4.39 Å². The van der Waals surface area contributed by atoms with Crippen molar-refractivity contribution in [1.29, 1.82) is 0 Å². The molecule has 170 valence electrons. The number of hydrogen-bond acceptors (Lipinski definition) is 8. The molecule has 4 heterocycles. The molecule has 0 aliphatic carbocycles. The van der Waals surface area contributed by atoms with Gasteiger partial charge in [0, 0.05) is 23.6 Å². The Balaban J connectivity index is 1.92. The van der Waals surface area contributed by atoms with E-state index < -0.39 is 11.6 Å². The molecular formula is C23H21F2N5O3. The van der Waals surface area contributed by atoms with E-state index in [2.05, 4.69) is 19.9 Å². The summed E-state index contributed by atoms with van der Waals surface area (Å²) < 4.78 is 41.8. The van der Waals surface area contributed by atoms with Crippen molar-refractivity contribution in [2.45, 2.75) is 20.3 Å². The van der Waals surface area contributed by atoms with Gasteiger partial charge >= 0.3 is 6.01 Å². The van der Waals surface area contributed by atoms with Crippen LogP contribution >= 0.6 is 0 Å². The van der Waals surface area contributed by atoms with Crippen LogP contribution in [-0.2, 0) is 6.42 Å². The van der Waals surface area contributed by atoms with Crippen LogP contribution in [0.5, 0.6) is 17.6 Å². The minimum Gasteiger partial charge on any atom is -0.508 e. The van der Waals surface area contributed by atoms with Gasteiger partial charge in [-0.1, -0.05) is 6.92 Å². The van der Waals surface area contributed by atoms with E-state index in [0.717, 1.165) is 6.20 Å². The quantitative estimate of drug-likeness (QED) is 0.495. The van der Waals surface area contributed by atoms with Crippen LogP contribution in [0.2, 0.25) is 0 Å². The van der Waals surface area contributed by atoms with Crippen LogP contribution < -0.4 is 14.4 Å². The number of hydrogen-bond donors (Lipinski definition) is 1. The van der Waals surface area contributed by atoms with Crippen molar-refractivity contribution in [1.82, 2.24) is 19.9 Å². The number of nitrogens with zero attached hydrogens (tertiary/aromatic N) is 5. The molecule has 1 N–H and O–H groups in total. The highest BCUT2D eigenvalue weighted by atomic mass is 19.1. The zero-order valence-corrected chi connectivity index (χ0v) is 18.3. The molecule has 33 heavy (non-hydrogen) atoms. The van der Waals surface area contributed by atoms with E-state index in [4.69, 9.17) is 9.47 Å². The molecular weight excluding hydrogens is 432 g/mol. The highest BCUT2D eigenvalue weighted by Crippen LogP contribution is 2.42. The van der Waals surface area contributed by atoms with Crippen LogP contribution in [-0.4, -0.2) is 51.8 Å². The van der Waals surface area contributed by atoms with Crippen LogP contribution in [0.1, 0.15) is 19.4 Å². The van der Waals surface area contributed by atoms with Gasteiger partial charge in [0.2, 0.25) is 5.88 Å². The molecule has 1 aromatic carbocycles. The number of aromatic hydroxyl groups is 1. The smallest absolute Gasteiger partial charge is 0.318 e. The van der Waals surface area contributed by atoms with Gasteiger partial charge in [-0.3, -0.25) is 4.98 Å². The Morgan fingerprint density at radius 3 is 2.70 bits per heavy atom. The molecule has 5 rings (SSSR count). The lowest BCUT2D eigenvalue weighted by molar-refractivity contribution is 0.320. The number of aromatic nitrogens is 4. The summed E-state index contributed by atoms with van der Waals surface area (Å²) in [5.74, 6) is -0.792. The Morgan fingerprint density at radius 1 is 1.15 bits per heavy atom. The highest BCUT2D eigenvalue weighted by Gasteiger charge is 2.28. The molecule has 10 heteroatoms. The monoisotopic (exact) mass is 453 g/mol. The number of anilines is 1. The summed E-state index contributed by atoms with van der Waals surface area (Å²) in [5.41, 5.74) is 0.715. The third kappa shape index (κ3) is 3.24. The van der Waals surface area contributed by atoms with Crippen LogP contribution in [0.25, 0.3) is 33.1 Å². The molecule has 0 bridgehead atoms. The van der Waals surface area contributed by atoms with E-state index in [1.165, 1.54) is 19.2 Å². The topological polar surface area (TPSA) is 93.5 Å². The van der Waals surface area contributed by atoms with E-state index in [-0.39, 0.29) is 34.4 Å². The zero-order valence-electron chi connectivity index (χ0n) is 18.3. The van der Waals surface area contributed by atoms with Crippen molar-refractivity contribution in [2.75, 3.05) is 31.7 Å². The fourth-order valence-corrected chi connectivity index (χ4v) is 4.26. The normalized spacial score (nSPS) is 13.3. The second-order valence-electron chi connectivity index (χ2n) is 7.59. The first kappa shape index (κ1) is 21.0. The first-order valence-electron chi connectivity index (χ1n) is 10.6. The van der Waals surface area contributed by atoms with E-state index in [1.54, 1.807) is 6.92 Å². The van der Waals surface area contributed by atoms with Crippen molar-refractivity contribution in [3.05, 3.63) is 35.5 Å². The number of methoxy groups -OCH3 is 1. The Kier molecular flexibility index (Phi) is 5.07. The third-order valence-electron chi connectivity index (χ3n) is 5.79. The molecule has 0 saturated carbocycles. The summed E-state index contributed by atoms with van der Waals surface area (Å²) in [4.78, 5) is 19.2. The van der Waals surface area contributed by atoms with Gasteiger partial charge in [0.05, 0.1) is 25.4 Å². The largest absolute Gasteiger partial charge is 0.508 e. The molecule has 0 spiro atoms. The van der Waals surface area contributed by atoms with Crippen molar-refractivity contribution in [2.24, 2.45) is 0 Å². The maximum atomic E-state index is 16.1. The first-order valence-corrected chi connectivity index (χ1v) is 10.6. The van der Waals surface area contributed by atoms with Gasteiger partial charge in [0.25, 0.3) is 0 Å². The number of pyridine rings is 2. The highest BCUT2D eigenvalue weighted by molar-refractivity contribution is 6.02. The zero-order chi connectivity index (χ0) is 23.3. The Bertz CT molecular complexity index is 1410. The van der Waals surface area contributed by atoms with Gasteiger partial charge < -0.3 is 19.5 Å².